The molecule has 0 saturated carbocycles. The van der Waals surface area contributed by atoms with Gasteiger partial charge in [-0.15, -0.1) is 0 Å². The first kappa shape index (κ1) is 59.6. The van der Waals surface area contributed by atoms with Gasteiger partial charge in [-0.1, -0.05) is 66.7 Å². The lowest BCUT2D eigenvalue weighted by atomic mass is 9.97. The highest BCUT2D eigenvalue weighted by atomic mass is 16.2. The molecule has 0 spiro atoms. The SMILES string of the molecule is N=C/C(=C\NC1CCN(C(=O)CCCc2ccc3c(c2)C(=O)N(C2CCC(=O)NC2=O)C3)CC1)c1ccc2c(-c3cccc4ccc(-c5cnn(C6CCN(C(=O)CCCCc7ccc8c(c7)C(=O)N(C(CCC=O)C(N)=O)C8)CC6)c5)nc34)cccc2n1. The van der Waals surface area contributed by atoms with E-state index in [0.29, 0.717) is 93.6 Å². The predicted molar refractivity (Wildman–Crippen MR) is 336 cm³/mol. The number of pyridine rings is 2. The molecule has 0 bridgehead atoms. The van der Waals surface area contributed by atoms with Crippen LogP contribution in [0.2, 0.25) is 0 Å². The number of benzene rings is 4. The number of piperidine rings is 3. The zero-order chi connectivity index (χ0) is 61.7. The molecule has 5 N–H and O–H groups in total. The number of aryl methyl sites for hydroxylation is 2. The van der Waals surface area contributed by atoms with Crippen LogP contribution in [-0.4, -0.2) is 138 Å². The number of unbranched alkanes of at least 4 members (excludes halogenated alkanes) is 1. The van der Waals surface area contributed by atoms with Crippen LogP contribution in [0.4, 0.5) is 0 Å². The van der Waals surface area contributed by atoms with Crippen molar-refractivity contribution < 1.29 is 38.4 Å². The number of nitrogens with one attached hydrogen (secondary N) is 3. The third kappa shape index (κ3) is 12.8. The van der Waals surface area contributed by atoms with E-state index in [9.17, 15) is 38.4 Å². The summed E-state index contributed by atoms with van der Waals surface area (Å²) in [7, 11) is 0. The number of hydrogen-bond donors (Lipinski definition) is 4. The largest absolute Gasteiger partial charge is 0.387 e. The number of nitrogens with zero attached hydrogens (tertiary/aromatic N) is 8. The number of amides is 7. The van der Waals surface area contributed by atoms with Gasteiger partial charge in [-0.05, 0) is 129 Å². The van der Waals surface area contributed by atoms with Crippen molar-refractivity contribution in [1.82, 2.24) is 50.0 Å². The Morgan fingerprint density at radius 2 is 1.43 bits per heavy atom. The fraction of sp³-hybridized carbons (Fsp3) is 0.362. The molecule has 3 fully saturated rings. The van der Waals surface area contributed by atoms with Crippen LogP contribution in [0, 0.1) is 5.41 Å². The molecule has 5 aliphatic heterocycles. The maximum Gasteiger partial charge on any atom is 0.255 e. The number of para-hydroxylation sites is 1. The van der Waals surface area contributed by atoms with Crippen molar-refractivity contribution >= 4 is 81.2 Å². The van der Waals surface area contributed by atoms with E-state index in [1.165, 1.54) is 11.1 Å². The number of fused-ring (bicyclic) bond motifs is 4. The van der Waals surface area contributed by atoms with Crippen molar-refractivity contribution in [2.75, 3.05) is 26.2 Å². The molecule has 4 aromatic carbocycles. The Balaban J connectivity index is 0.608. The molecule has 0 radical (unpaired) electrons. The molecule has 7 amide bonds. The molecule has 20 nitrogen and oxygen atoms in total. The number of nitrogens with two attached hydrogens (primary N) is 1. The van der Waals surface area contributed by atoms with Crippen LogP contribution in [0.15, 0.2) is 116 Å². The van der Waals surface area contributed by atoms with Crippen molar-refractivity contribution in [1.29, 1.82) is 5.41 Å². The number of aldehydes is 1. The number of likely N-dealkylation sites (tertiary alicyclic amines) is 2. The molecule has 12 rings (SSSR count). The topological polar surface area (TPSA) is 267 Å². The summed E-state index contributed by atoms with van der Waals surface area (Å²) in [5.41, 5.74) is 17.0. The van der Waals surface area contributed by atoms with Crippen molar-refractivity contribution in [2.24, 2.45) is 5.73 Å². The highest BCUT2D eigenvalue weighted by molar-refractivity contribution is 6.09. The van der Waals surface area contributed by atoms with E-state index in [0.717, 1.165) is 111 Å². The second-order valence-corrected chi connectivity index (χ2v) is 24.1. The van der Waals surface area contributed by atoms with Crippen LogP contribution in [0.25, 0.3) is 49.8 Å². The van der Waals surface area contributed by atoms with Crippen LogP contribution in [-0.2, 0) is 54.7 Å². The quantitative estimate of drug-likeness (QED) is 0.0217. The molecule has 7 aromatic rings. The van der Waals surface area contributed by atoms with Gasteiger partial charge in [0.05, 0.1) is 34.7 Å². The summed E-state index contributed by atoms with van der Waals surface area (Å²) in [4.78, 5) is 118. The normalized spacial score (nSPS) is 17.7. The number of hydrogen-bond acceptors (Lipinski definition) is 13. The van der Waals surface area contributed by atoms with E-state index in [-0.39, 0.29) is 67.4 Å². The van der Waals surface area contributed by atoms with E-state index >= 15 is 0 Å². The second kappa shape index (κ2) is 26.3. The number of imide groups is 1. The van der Waals surface area contributed by atoms with Gasteiger partial charge in [-0.3, -0.25) is 43.6 Å². The summed E-state index contributed by atoms with van der Waals surface area (Å²) < 4.78 is 2.01. The third-order valence-corrected chi connectivity index (χ3v) is 18.4. The van der Waals surface area contributed by atoms with Crippen molar-refractivity contribution in [2.45, 2.75) is 134 Å². The molecule has 2 atom stereocenters. The maximum atomic E-state index is 13.4. The molecule has 8 heterocycles. The number of rotatable bonds is 22. The van der Waals surface area contributed by atoms with E-state index in [1.807, 2.05) is 93.6 Å². The summed E-state index contributed by atoms with van der Waals surface area (Å²) in [6, 6.07) is 30.8. The van der Waals surface area contributed by atoms with Gasteiger partial charge in [0, 0.05) is 128 Å². The van der Waals surface area contributed by atoms with Crippen LogP contribution in [0.1, 0.15) is 138 Å². The monoisotopic (exact) mass is 1200 g/mol. The zero-order valence-corrected chi connectivity index (χ0v) is 49.7. The molecular weight excluding hydrogens is 1120 g/mol. The minimum atomic E-state index is -0.827. The molecule has 3 aromatic heterocycles. The fourth-order valence-electron chi connectivity index (χ4n) is 13.4. The minimum Gasteiger partial charge on any atom is -0.387 e. The molecule has 89 heavy (non-hydrogen) atoms. The molecule has 5 aliphatic rings. The number of primary amides is 1. The summed E-state index contributed by atoms with van der Waals surface area (Å²) in [5, 5.41) is 21.0. The van der Waals surface area contributed by atoms with Crippen molar-refractivity contribution in [3.8, 4) is 22.4 Å². The first-order valence-electron chi connectivity index (χ1n) is 31.1. The minimum absolute atomic E-state index is 0.104. The summed E-state index contributed by atoms with van der Waals surface area (Å²) >= 11 is 0. The van der Waals surface area contributed by atoms with E-state index in [4.69, 9.17) is 26.2 Å². The van der Waals surface area contributed by atoms with E-state index in [2.05, 4.69) is 47.2 Å². The number of allylic oxidation sites excluding steroid dienone is 1. The standard InChI is InChI=1S/C69H72N12O8/c70-37-48(38-72-50-26-30-77(31-27-50)64(85)15-3-8-44-17-19-47-41-80(69(89)56(47)36-44)61-24-25-62(83)76-67(61)87)57-23-21-53-52(10-5-12-59(53)74-57)54-11-4-9-45-20-22-58(75-65(45)54)49-39-73-81(42-49)51-28-32-78(33-29-51)63(84)14-2-1-7-43-16-18-46-40-79(68(88)55(46)35-43)60(66(71)86)13-6-34-82/h4-5,9-12,16-23,34-39,42,50-51,60-61,70,72H,1-3,6-8,13-15,24-33,40-41H2,(H2,71,86)(H,76,83,87)/b48-38+,70-37?. The molecule has 2 unspecified atom stereocenters. The fourth-order valence-corrected chi connectivity index (χ4v) is 13.4. The molecular formula is C69H72N12O8. The van der Waals surface area contributed by atoms with Gasteiger partial charge in [0.15, 0.2) is 0 Å². The van der Waals surface area contributed by atoms with Crippen LogP contribution in [0.3, 0.4) is 0 Å². The lowest BCUT2D eigenvalue weighted by Crippen LogP contribution is -2.52. The van der Waals surface area contributed by atoms with Gasteiger partial charge in [-0.2, -0.15) is 5.10 Å². The molecule has 0 aliphatic carbocycles. The molecule has 20 heteroatoms. The molecule has 456 valence electrons. The van der Waals surface area contributed by atoms with Crippen LogP contribution < -0.4 is 16.4 Å². The smallest absolute Gasteiger partial charge is 0.255 e. The predicted octanol–water partition coefficient (Wildman–Crippen LogP) is 8.03. The highest BCUT2D eigenvalue weighted by Crippen LogP contribution is 2.36. The maximum absolute atomic E-state index is 13.4. The first-order chi connectivity index (χ1) is 43.3. The lowest BCUT2D eigenvalue weighted by molar-refractivity contribution is -0.137. The van der Waals surface area contributed by atoms with Gasteiger partial charge >= 0.3 is 0 Å². The second-order valence-electron chi connectivity index (χ2n) is 24.1. The van der Waals surface area contributed by atoms with Gasteiger partial charge in [0.1, 0.15) is 18.4 Å². The highest BCUT2D eigenvalue weighted by Gasteiger charge is 2.40. The third-order valence-electron chi connectivity index (χ3n) is 18.4. The Morgan fingerprint density at radius 3 is 2.16 bits per heavy atom. The summed E-state index contributed by atoms with van der Waals surface area (Å²) in [5.74, 6) is -1.57. The molecule has 3 saturated heterocycles. The Labute approximate surface area is 515 Å². The Bertz CT molecular complexity index is 3990. The number of carbonyl (C=O) groups excluding carboxylic acids is 8. The first-order valence-corrected chi connectivity index (χ1v) is 31.1. The van der Waals surface area contributed by atoms with Gasteiger partial charge < -0.3 is 40.9 Å². The average Bonchev–Trinajstić information content (AvgIpc) is 2.85. The Kier molecular flexibility index (Phi) is 17.6. The lowest BCUT2D eigenvalue weighted by Gasteiger charge is -2.32. The average molecular weight is 1200 g/mol. The van der Waals surface area contributed by atoms with E-state index in [1.54, 1.807) is 4.90 Å². The Hall–Kier alpha value is -9.72. The van der Waals surface area contributed by atoms with Crippen LogP contribution in [0.5, 0.6) is 0 Å². The van der Waals surface area contributed by atoms with Gasteiger partial charge in [0.2, 0.25) is 29.5 Å². The van der Waals surface area contributed by atoms with Crippen molar-refractivity contribution in [3.63, 3.8) is 0 Å². The van der Waals surface area contributed by atoms with Crippen molar-refractivity contribution in [3.05, 3.63) is 155 Å². The van der Waals surface area contributed by atoms with Crippen LogP contribution >= 0.6 is 0 Å². The summed E-state index contributed by atoms with van der Waals surface area (Å²) in [6.07, 6.45) is 16.1. The number of carbonyl (C=O) groups is 8. The number of aromatic nitrogens is 4. The van der Waals surface area contributed by atoms with E-state index < -0.39 is 23.9 Å². The zero-order valence-electron chi connectivity index (χ0n) is 49.7. The van der Waals surface area contributed by atoms with Gasteiger partial charge in [-0.25, -0.2) is 9.97 Å². The summed E-state index contributed by atoms with van der Waals surface area (Å²) in [6.45, 7) is 3.16. The van der Waals surface area contributed by atoms with Gasteiger partial charge in [0.25, 0.3) is 11.8 Å². The Morgan fingerprint density at radius 1 is 0.730 bits per heavy atom.